The van der Waals surface area contributed by atoms with Crippen LogP contribution in [0.4, 0.5) is 10.5 Å². The number of phenolic OH excluding ortho intramolecular Hbond substituents is 1. The molecule has 1 fully saturated rings. The van der Waals surface area contributed by atoms with Crippen LogP contribution in [0.2, 0.25) is 0 Å². The summed E-state index contributed by atoms with van der Waals surface area (Å²) >= 11 is 0. The van der Waals surface area contributed by atoms with Crippen molar-refractivity contribution in [2.24, 2.45) is 5.41 Å². The van der Waals surface area contributed by atoms with Gasteiger partial charge in [0.25, 0.3) is 0 Å². The summed E-state index contributed by atoms with van der Waals surface area (Å²) in [5.41, 5.74) is 0.147. The lowest BCUT2D eigenvalue weighted by molar-refractivity contribution is 0.0697. The normalized spacial score (nSPS) is 16.4. The third kappa shape index (κ3) is 3.87. The van der Waals surface area contributed by atoms with Gasteiger partial charge in [-0.15, -0.1) is 0 Å². The van der Waals surface area contributed by atoms with E-state index in [0.717, 1.165) is 18.9 Å². The molecule has 0 radical (unpaired) electrons. The van der Waals surface area contributed by atoms with Crippen LogP contribution in [-0.2, 0) is 0 Å². The first-order valence-electron chi connectivity index (χ1n) is 7.01. The van der Waals surface area contributed by atoms with Crippen molar-refractivity contribution in [3.05, 3.63) is 23.8 Å². The van der Waals surface area contributed by atoms with Crippen molar-refractivity contribution in [3.8, 4) is 5.75 Å². The van der Waals surface area contributed by atoms with Crippen LogP contribution in [-0.4, -0.2) is 28.8 Å². The van der Waals surface area contributed by atoms with Gasteiger partial charge in [-0.3, -0.25) is 0 Å². The number of nitrogens with one attached hydrogen (secondary N) is 2. The van der Waals surface area contributed by atoms with E-state index in [2.05, 4.69) is 17.6 Å². The van der Waals surface area contributed by atoms with Gasteiger partial charge in [-0.05, 0) is 36.5 Å². The lowest BCUT2D eigenvalue weighted by atomic mass is 9.89. The summed E-state index contributed by atoms with van der Waals surface area (Å²) in [6.45, 7) is 2.71. The molecule has 0 bridgehead atoms. The van der Waals surface area contributed by atoms with Crippen LogP contribution in [0.25, 0.3) is 0 Å². The molecule has 1 aliphatic carbocycles. The van der Waals surface area contributed by atoms with E-state index in [4.69, 9.17) is 5.11 Å². The number of aromatic hydroxyl groups is 1. The minimum atomic E-state index is -1.20. The Morgan fingerprint density at radius 2 is 1.95 bits per heavy atom. The lowest BCUT2D eigenvalue weighted by Gasteiger charge is -2.23. The number of urea groups is 1. The molecule has 0 aromatic heterocycles. The average Bonchev–Trinajstić information content (AvgIpc) is 2.86. The van der Waals surface area contributed by atoms with Crippen LogP contribution in [0.1, 0.15) is 43.0 Å². The van der Waals surface area contributed by atoms with E-state index in [1.807, 2.05) is 0 Å². The molecule has 21 heavy (non-hydrogen) atoms. The van der Waals surface area contributed by atoms with Crippen molar-refractivity contribution < 1.29 is 19.8 Å². The second-order valence-electron chi connectivity index (χ2n) is 5.86. The highest BCUT2D eigenvalue weighted by molar-refractivity contribution is 6.00. The van der Waals surface area contributed by atoms with Gasteiger partial charge < -0.3 is 20.8 Å². The molecule has 1 aromatic rings. The molecular weight excluding hydrogens is 272 g/mol. The maximum absolute atomic E-state index is 11.9. The molecule has 1 aromatic carbocycles. The SMILES string of the molecule is CC1(CNC(=O)Nc2ccc(O)cc2C(=O)O)CCCC1. The minimum Gasteiger partial charge on any atom is -0.508 e. The molecular formula is C15H20N2O4. The summed E-state index contributed by atoms with van der Waals surface area (Å²) in [5, 5.41) is 23.7. The molecule has 0 aliphatic heterocycles. The van der Waals surface area contributed by atoms with Crippen molar-refractivity contribution >= 4 is 17.7 Å². The van der Waals surface area contributed by atoms with Gasteiger partial charge in [0.15, 0.2) is 0 Å². The van der Waals surface area contributed by atoms with Gasteiger partial charge in [-0.1, -0.05) is 19.8 Å². The zero-order valence-corrected chi connectivity index (χ0v) is 12.0. The van der Waals surface area contributed by atoms with Crippen LogP contribution >= 0.6 is 0 Å². The molecule has 0 spiro atoms. The zero-order valence-electron chi connectivity index (χ0n) is 12.0. The number of carboxylic acids is 1. The number of hydrogen-bond donors (Lipinski definition) is 4. The van der Waals surface area contributed by atoms with Gasteiger partial charge in [-0.25, -0.2) is 9.59 Å². The van der Waals surface area contributed by atoms with Crippen molar-refractivity contribution in [2.45, 2.75) is 32.6 Å². The monoisotopic (exact) mass is 292 g/mol. The lowest BCUT2D eigenvalue weighted by Crippen LogP contribution is -2.37. The Kier molecular flexibility index (Phi) is 4.35. The van der Waals surface area contributed by atoms with Crippen LogP contribution in [0.15, 0.2) is 18.2 Å². The third-order valence-electron chi connectivity index (χ3n) is 3.97. The number of anilines is 1. The van der Waals surface area contributed by atoms with E-state index < -0.39 is 12.0 Å². The fraction of sp³-hybridized carbons (Fsp3) is 0.467. The molecule has 2 amide bonds. The number of carboxylic acid groups (broad SMARTS) is 1. The molecule has 6 heteroatoms. The molecule has 114 valence electrons. The first-order valence-corrected chi connectivity index (χ1v) is 7.01. The number of amides is 2. The second-order valence-corrected chi connectivity index (χ2v) is 5.86. The Balaban J connectivity index is 1.98. The van der Waals surface area contributed by atoms with Crippen LogP contribution in [0, 0.1) is 5.41 Å². The molecule has 1 saturated carbocycles. The average molecular weight is 292 g/mol. The molecule has 4 N–H and O–H groups in total. The smallest absolute Gasteiger partial charge is 0.337 e. The van der Waals surface area contributed by atoms with Gasteiger partial charge in [0.1, 0.15) is 5.75 Å². The second kappa shape index (κ2) is 6.03. The maximum Gasteiger partial charge on any atom is 0.337 e. The van der Waals surface area contributed by atoms with Gasteiger partial charge in [0.05, 0.1) is 11.3 Å². The van der Waals surface area contributed by atoms with Gasteiger partial charge in [0, 0.05) is 6.54 Å². The van der Waals surface area contributed by atoms with Gasteiger partial charge in [-0.2, -0.15) is 0 Å². The number of carbonyl (C=O) groups is 2. The molecule has 2 rings (SSSR count). The summed E-state index contributed by atoms with van der Waals surface area (Å²) in [4.78, 5) is 23.0. The number of carbonyl (C=O) groups excluding carboxylic acids is 1. The van der Waals surface area contributed by atoms with Crippen molar-refractivity contribution in [2.75, 3.05) is 11.9 Å². The van der Waals surface area contributed by atoms with Crippen molar-refractivity contribution in [3.63, 3.8) is 0 Å². The molecule has 6 nitrogen and oxygen atoms in total. The van der Waals surface area contributed by atoms with E-state index in [0.29, 0.717) is 6.54 Å². The first-order chi connectivity index (χ1) is 9.89. The number of rotatable bonds is 4. The van der Waals surface area contributed by atoms with Gasteiger partial charge >= 0.3 is 12.0 Å². The highest BCUT2D eigenvalue weighted by Gasteiger charge is 2.28. The molecule has 1 aliphatic rings. The Labute approximate surface area is 123 Å². The Morgan fingerprint density at radius 1 is 1.29 bits per heavy atom. The summed E-state index contributed by atoms with van der Waals surface area (Å²) in [5.74, 6) is -1.36. The summed E-state index contributed by atoms with van der Waals surface area (Å²) in [6, 6.07) is 3.38. The molecule has 0 heterocycles. The van der Waals surface area contributed by atoms with E-state index in [-0.39, 0.29) is 22.4 Å². The quantitative estimate of drug-likeness (QED) is 0.641. The first kappa shape index (κ1) is 15.2. The van der Waals surface area contributed by atoms with Crippen LogP contribution in [0.5, 0.6) is 5.75 Å². The number of aromatic carboxylic acids is 1. The molecule has 0 unspecified atom stereocenters. The van der Waals surface area contributed by atoms with Crippen molar-refractivity contribution in [1.29, 1.82) is 0 Å². The highest BCUT2D eigenvalue weighted by Crippen LogP contribution is 2.36. The van der Waals surface area contributed by atoms with E-state index in [1.165, 1.54) is 25.0 Å². The van der Waals surface area contributed by atoms with Crippen LogP contribution < -0.4 is 10.6 Å². The summed E-state index contributed by atoms with van der Waals surface area (Å²) in [6.07, 6.45) is 4.54. The zero-order chi connectivity index (χ0) is 15.5. The predicted octanol–water partition coefficient (Wildman–Crippen LogP) is 2.79. The van der Waals surface area contributed by atoms with Crippen LogP contribution in [0.3, 0.4) is 0 Å². The maximum atomic E-state index is 11.9. The minimum absolute atomic E-state index is 0.127. The largest absolute Gasteiger partial charge is 0.508 e. The number of benzene rings is 1. The third-order valence-corrected chi connectivity index (χ3v) is 3.97. The topological polar surface area (TPSA) is 98.7 Å². The Bertz CT molecular complexity index is 551. The fourth-order valence-corrected chi connectivity index (χ4v) is 2.68. The molecule has 0 atom stereocenters. The predicted molar refractivity (Wildman–Crippen MR) is 78.7 cm³/mol. The van der Waals surface area contributed by atoms with E-state index in [1.54, 1.807) is 0 Å². The van der Waals surface area contributed by atoms with E-state index in [9.17, 15) is 14.7 Å². The number of hydrogen-bond acceptors (Lipinski definition) is 3. The summed E-state index contributed by atoms with van der Waals surface area (Å²) < 4.78 is 0. The van der Waals surface area contributed by atoms with Gasteiger partial charge in [0.2, 0.25) is 0 Å². The van der Waals surface area contributed by atoms with E-state index >= 15 is 0 Å². The standard InChI is InChI=1S/C15H20N2O4/c1-15(6-2-3-7-15)9-16-14(21)17-12-5-4-10(18)8-11(12)13(19)20/h4-5,8,18H,2-3,6-7,9H2,1H3,(H,19,20)(H2,16,17,21). The number of phenols is 1. The fourth-order valence-electron chi connectivity index (χ4n) is 2.68. The molecule has 0 saturated heterocycles. The highest BCUT2D eigenvalue weighted by atomic mass is 16.4. The Morgan fingerprint density at radius 3 is 2.57 bits per heavy atom. The summed E-state index contributed by atoms with van der Waals surface area (Å²) in [7, 11) is 0. The van der Waals surface area contributed by atoms with Crippen molar-refractivity contribution in [1.82, 2.24) is 5.32 Å². The Hall–Kier alpha value is -2.24.